The topological polar surface area (TPSA) is 260 Å². The molecule has 10 atom stereocenters. The van der Waals surface area contributed by atoms with Gasteiger partial charge in [-0.3, -0.25) is 33.3 Å². The summed E-state index contributed by atoms with van der Waals surface area (Å²) in [5, 5.41) is 15.1. The van der Waals surface area contributed by atoms with E-state index in [1.807, 2.05) is 91.0 Å². The van der Waals surface area contributed by atoms with Crippen LogP contribution in [0.15, 0.2) is 111 Å². The zero-order valence-electron chi connectivity index (χ0n) is 37.4. The van der Waals surface area contributed by atoms with Gasteiger partial charge in [-0.15, -0.1) is 0 Å². The number of aromatic hydroxyl groups is 1. The summed E-state index contributed by atoms with van der Waals surface area (Å²) in [6.45, 7) is 2.75. The first-order valence-electron chi connectivity index (χ1n) is 21.2. The molecule has 356 valence electrons. The molecule has 0 spiro atoms. The maximum absolute atomic E-state index is 13.4. The number of esters is 3. The number of rotatable bonds is 19. The number of azide groups is 1. The monoisotopic (exact) mass is 928 g/mol. The van der Waals surface area contributed by atoms with E-state index >= 15 is 0 Å². The van der Waals surface area contributed by atoms with Crippen molar-refractivity contribution in [2.24, 2.45) is 24.2 Å². The lowest BCUT2D eigenvalue weighted by atomic mass is 9.94. The minimum atomic E-state index is -1.70. The van der Waals surface area contributed by atoms with Crippen molar-refractivity contribution in [1.82, 2.24) is 9.13 Å². The minimum Gasteiger partial charge on any atom is -0.494 e. The smallest absolute Gasteiger partial charge is 0.333 e. The quantitative estimate of drug-likeness (QED) is 0.0352. The second-order valence-electron chi connectivity index (χ2n) is 15.6. The molecule has 0 bridgehead atoms. The summed E-state index contributed by atoms with van der Waals surface area (Å²) in [5.41, 5.74) is 10.2. The van der Waals surface area contributed by atoms with E-state index in [0.29, 0.717) is 0 Å². The molecule has 67 heavy (non-hydrogen) atoms. The first-order valence-corrected chi connectivity index (χ1v) is 21.2. The lowest BCUT2D eigenvalue weighted by molar-refractivity contribution is -0.336. The minimum absolute atomic E-state index is 0.0338. The molecule has 2 aliphatic heterocycles. The van der Waals surface area contributed by atoms with Gasteiger partial charge in [-0.2, -0.15) is 0 Å². The Balaban J connectivity index is 1.49. The Morgan fingerprint density at radius 1 is 0.687 bits per heavy atom. The normalized spacial score (nSPS) is 24.9. The van der Waals surface area contributed by atoms with Crippen LogP contribution in [0.3, 0.4) is 0 Å². The number of hydrogen-bond donors (Lipinski definition) is 1. The van der Waals surface area contributed by atoms with Crippen molar-refractivity contribution in [3.8, 4) is 5.88 Å². The Morgan fingerprint density at radius 3 is 1.79 bits per heavy atom. The van der Waals surface area contributed by atoms with Crippen molar-refractivity contribution < 1.29 is 62.1 Å². The average Bonchev–Trinajstić information content (AvgIpc) is 3.31. The summed E-state index contributed by atoms with van der Waals surface area (Å²) in [5.74, 6) is -3.18. The van der Waals surface area contributed by atoms with Crippen molar-refractivity contribution >= 4 is 24.1 Å². The number of benzene rings is 3. The average molecular weight is 929 g/mol. The fourth-order valence-corrected chi connectivity index (χ4v) is 7.53. The van der Waals surface area contributed by atoms with Crippen LogP contribution in [0.2, 0.25) is 0 Å². The van der Waals surface area contributed by atoms with Gasteiger partial charge in [-0.25, -0.2) is 4.79 Å². The molecule has 1 aromatic heterocycles. The molecule has 3 heterocycles. The maximum Gasteiger partial charge on any atom is 0.333 e. The molecule has 1 N–H and O–H groups in total. The van der Waals surface area contributed by atoms with E-state index in [1.165, 1.54) is 14.1 Å². The van der Waals surface area contributed by atoms with Crippen molar-refractivity contribution in [2.75, 3.05) is 13.2 Å². The van der Waals surface area contributed by atoms with Crippen LogP contribution in [0.25, 0.3) is 10.4 Å². The standard InChI is InChI=1S/C46H52N6O15/c1-27(53)60-26-35-39(63-28(2)54)41(64-29(3)55)36(48-21-33-42(56)51(4)46(58)52(5)43(33)57)45(66-35)67-38-34(25-59-22-30-15-9-6-10-16-30)65-44(62-24-32-19-13-8-14-20-32)37(49-50-47)40(38)61-23-31-17-11-7-12-18-31/h6-21,34-41,44-45,56H,22-26H2,1-5H3/t34-,35-,36-,37-,38-,39-,40-,41-,44-,45-/m1/s1. The van der Waals surface area contributed by atoms with Crippen molar-refractivity contribution in [1.29, 1.82) is 0 Å². The van der Waals surface area contributed by atoms with Crippen molar-refractivity contribution in [2.45, 2.75) is 102 Å². The highest BCUT2D eigenvalue weighted by Crippen LogP contribution is 2.36. The summed E-state index contributed by atoms with van der Waals surface area (Å²) < 4.78 is 57.5. The molecule has 4 aromatic rings. The van der Waals surface area contributed by atoms with Gasteiger partial charge in [0.15, 0.2) is 24.8 Å². The number of aliphatic imine (C=N–C) groups is 1. The van der Waals surface area contributed by atoms with Crippen LogP contribution in [0.5, 0.6) is 5.88 Å². The van der Waals surface area contributed by atoms with Gasteiger partial charge >= 0.3 is 23.6 Å². The van der Waals surface area contributed by atoms with E-state index in [2.05, 4.69) is 15.0 Å². The third kappa shape index (κ3) is 13.0. The molecule has 3 aromatic carbocycles. The number of aromatic nitrogens is 2. The Hall–Kier alpha value is -6.71. The summed E-state index contributed by atoms with van der Waals surface area (Å²) in [6.07, 6.45) is -10.2. The van der Waals surface area contributed by atoms with Gasteiger partial charge in [0.25, 0.3) is 5.56 Å². The van der Waals surface area contributed by atoms with Crippen LogP contribution in [-0.4, -0.2) is 113 Å². The van der Waals surface area contributed by atoms with Gasteiger partial charge < -0.3 is 47.7 Å². The third-order valence-corrected chi connectivity index (χ3v) is 10.7. The maximum atomic E-state index is 13.4. The predicted molar refractivity (Wildman–Crippen MR) is 235 cm³/mol. The summed E-state index contributed by atoms with van der Waals surface area (Å²) in [4.78, 5) is 71.5. The van der Waals surface area contributed by atoms with Crippen LogP contribution < -0.4 is 11.2 Å². The summed E-state index contributed by atoms with van der Waals surface area (Å²) in [6, 6.07) is 24.8. The molecule has 0 aliphatic carbocycles. The fraction of sp³-hybridized carbons (Fsp3) is 0.435. The van der Waals surface area contributed by atoms with Crippen LogP contribution in [0, 0.1) is 0 Å². The van der Waals surface area contributed by atoms with E-state index in [-0.39, 0.29) is 26.4 Å². The summed E-state index contributed by atoms with van der Waals surface area (Å²) >= 11 is 0. The Labute approximate surface area is 384 Å². The molecule has 0 unspecified atom stereocenters. The molecule has 2 aliphatic rings. The zero-order chi connectivity index (χ0) is 48.0. The number of nitrogens with zero attached hydrogens (tertiary/aromatic N) is 6. The largest absolute Gasteiger partial charge is 0.494 e. The van der Waals surface area contributed by atoms with E-state index in [4.69, 9.17) is 42.6 Å². The SMILES string of the molecule is CC(=O)OC[C@H]1O[C@H](O[C@H]2[C@H](OCc3ccccc3)[C@@H](N=[N+]=[N-])[C@H](OCc3ccccc3)O[C@@H]2COCc2ccccc2)[C@H](N=Cc2c(O)n(C)c(=O)n(C)c2=O)[C@@H](OC(C)=O)[C@@H]1OC(C)=O. The molecule has 0 saturated carbocycles. The van der Waals surface area contributed by atoms with Gasteiger partial charge in [0, 0.05) is 46.0 Å². The summed E-state index contributed by atoms with van der Waals surface area (Å²) in [7, 11) is 2.43. The van der Waals surface area contributed by atoms with Gasteiger partial charge in [-0.1, -0.05) is 96.1 Å². The van der Waals surface area contributed by atoms with Crippen LogP contribution in [0.4, 0.5) is 0 Å². The zero-order valence-corrected chi connectivity index (χ0v) is 37.4. The van der Waals surface area contributed by atoms with E-state index in [0.717, 1.165) is 52.8 Å². The van der Waals surface area contributed by atoms with Gasteiger partial charge in [0.05, 0.1) is 26.4 Å². The second-order valence-corrected chi connectivity index (χ2v) is 15.6. The Bertz CT molecular complexity index is 2500. The van der Waals surface area contributed by atoms with Crippen LogP contribution in [0.1, 0.15) is 43.0 Å². The first-order chi connectivity index (χ1) is 32.2. The molecular weight excluding hydrogens is 877 g/mol. The predicted octanol–water partition coefficient (Wildman–Crippen LogP) is 3.54. The highest BCUT2D eigenvalue weighted by molar-refractivity contribution is 5.82. The number of hydrogen-bond acceptors (Lipinski definition) is 17. The Morgan fingerprint density at radius 2 is 1.22 bits per heavy atom. The number of carbonyl (C=O) groups is 3. The van der Waals surface area contributed by atoms with Crippen molar-refractivity contribution in [3.05, 3.63) is 145 Å². The highest BCUT2D eigenvalue weighted by atomic mass is 16.7. The lowest BCUT2D eigenvalue weighted by Gasteiger charge is -2.48. The Kier molecular flexibility index (Phi) is 17.6. The van der Waals surface area contributed by atoms with Gasteiger partial charge in [0.1, 0.15) is 48.7 Å². The lowest BCUT2D eigenvalue weighted by Crippen LogP contribution is -2.65. The van der Waals surface area contributed by atoms with E-state index in [1.54, 1.807) is 0 Å². The second kappa shape index (κ2) is 23.7. The van der Waals surface area contributed by atoms with Crippen LogP contribution >= 0.6 is 0 Å². The van der Waals surface area contributed by atoms with Crippen molar-refractivity contribution in [3.63, 3.8) is 0 Å². The highest BCUT2D eigenvalue weighted by Gasteiger charge is 2.55. The van der Waals surface area contributed by atoms with E-state index in [9.17, 15) is 34.6 Å². The molecule has 0 amide bonds. The molecule has 21 nitrogen and oxygen atoms in total. The molecule has 2 saturated heterocycles. The third-order valence-electron chi connectivity index (χ3n) is 10.7. The molecule has 0 radical (unpaired) electrons. The fourth-order valence-electron chi connectivity index (χ4n) is 7.53. The van der Waals surface area contributed by atoms with Gasteiger partial charge in [-0.05, 0) is 22.2 Å². The van der Waals surface area contributed by atoms with Gasteiger partial charge in [0.2, 0.25) is 5.88 Å². The number of ether oxygens (including phenoxy) is 9. The molecule has 2 fully saturated rings. The molecule has 21 heteroatoms. The molecule has 6 rings (SSSR count). The first kappa shape index (κ1) is 49.7. The number of carbonyl (C=O) groups excluding carboxylic acids is 3. The van der Waals surface area contributed by atoms with E-state index < -0.39 is 108 Å². The van der Waals surface area contributed by atoms with Crippen LogP contribution in [-0.2, 0) is 90.9 Å². The molecular formula is C46H52N6O15.